The maximum absolute atomic E-state index is 13.1. The average Bonchev–Trinajstić information content (AvgIpc) is 3.37. The number of benzene rings is 1. The smallest absolute Gasteiger partial charge is 0.254 e. The molecule has 2 atom stereocenters. The second-order valence-corrected chi connectivity index (χ2v) is 7.11. The van der Waals surface area contributed by atoms with Crippen molar-refractivity contribution in [3.63, 3.8) is 0 Å². The number of aromatic nitrogens is 2. The monoisotopic (exact) mass is 352 g/mol. The summed E-state index contributed by atoms with van der Waals surface area (Å²) in [4.78, 5) is 29.2. The SMILES string of the molecule is O=C(c1ccc(-c2ccn[nH]2)cc1)N1CC[C@@]23OCCCN2C(=O)C[C@@H]13. The van der Waals surface area contributed by atoms with Gasteiger partial charge >= 0.3 is 0 Å². The minimum absolute atomic E-state index is 0.0353. The molecule has 7 nitrogen and oxygen atoms in total. The van der Waals surface area contributed by atoms with Crippen molar-refractivity contribution in [2.24, 2.45) is 0 Å². The minimum atomic E-state index is -0.596. The van der Waals surface area contributed by atoms with E-state index in [1.165, 1.54) is 0 Å². The van der Waals surface area contributed by atoms with Crippen molar-refractivity contribution in [2.75, 3.05) is 19.7 Å². The fraction of sp³-hybridized carbons (Fsp3) is 0.421. The van der Waals surface area contributed by atoms with Crippen LogP contribution in [0, 0.1) is 0 Å². The van der Waals surface area contributed by atoms with Crippen LogP contribution in [0.15, 0.2) is 36.5 Å². The minimum Gasteiger partial charge on any atom is -0.353 e. The van der Waals surface area contributed by atoms with Crippen LogP contribution in [-0.4, -0.2) is 63.3 Å². The van der Waals surface area contributed by atoms with Crippen LogP contribution in [0.25, 0.3) is 11.3 Å². The lowest BCUT2D eigenvalue weighted by atomic mass is 10.0. The number of hydrogen-bond acceptors (Lipinski definition) is 4. The van der Waals surface area contributed by atoms with Crippen molar-refractivity contribution < 1.29 is 14.3 Å². The number of hydrogen-bond donors (Lipinski definition) is 1. The Morgan fingerprint density at radius 3 is 2.85 bits per heavy atom. The number of aromatic amines is 1. The van der Waals surface area contributed by atoms with Crippen LogP contribution in [0.1, 0.15) is 29.6 Å². The van der Waals surface area contributed by atoms with Crippen molar-refractivity contribution in [1.29, 1.82) is 0 Å². The Kier molecular flexibility index (Phi) is 3.40. The van der Waals surface area contributed by atoms with E-state index in [1.807, 2.05) is 40.1 Å². The molecule has 3 aliphatic rings. The summed E-state index contributed by atoms with van der Waals surface area (Å²) in [6.45, 7) is 2.01. The van der Waals surface area contributed by atoms with Gasteiger partial charge in [-0.25, -0.2) is 0 Å². The van der Waals surface area contributed by atoms with Gasteiger partial charge in [-0.2, -0.15) is 5.10 Å². The van der Waals surface area contributed by atoms with Crippen molar-refractivity contribution in [3.8, 4) is 11.3 Å². The summed E-state index contributed by atoms with van der Waals surface area (Å²) in [7, 11) is 0. The van der Waals surface area contributed by atoms with Crippen LogP contribution in [0.2, 0.25) is 0 Å². The number of likely N-dealkylation sites (tertiary alicyclic amines) is 1. The van der Waals surface area contributed by atoms with Gasteiger partial charge in [-0.05, 0) is 30.2 Å². The number of nitrogens with zero attached hydrogens (tertiary/aromatic N) is 3. The molecule has 2 amide bonds. The van der Waals surface area contributed by atoms with E-state index in [1.54, 1.807) is 6.20 Å². The number of carbonyl (C=O) groups excluding carboxylic acids is 2. The Balaban J connectivity index is 1.40. The third-order valence-corrected chi connectivity index (χ3v) is 5.82. The van der Waals surface area contributed by atoms with Gasteiger partial charge in [0.25, 0.3) is 5.91 Å². The van der Waals surface area contributed by atoms with Crippen molar-refractivity contribution in [2.45, 2.75) is 31.0 Å². The molecule has 4 heterocycles. The molecular weight excluding hydrogens is 332 g/mol. The number of H-pyrrole nitrogens is 1. The van der Waals surface area contributed by atoms with Gasteiger partial charge in [0.2, 0.25) is 5.91 Å². The molecule has 1 aromatic carbocycles. The first-order valence-corrected chi connectivity index (χ1v) is 9.04. The molecule has 0 saturated carbocycles. The normalized spacial score (nSPS) is 27.5. The molecule has 1 spiro atoms. The van der Waals surface area contributed by atoms with Gasteiger partial charge in [0.15, 0.2) is 5.72 Å². The van der Waals surface area contributed by atoms with E-state index >= 15 is 0 Å². The van der Waals surface area contributed by atoms with Crippen LogP contribution in [0.4, 0.5) is 0 Å². The molecule has 3 aliphatic heterocycles. The van der Waals surface area contributed by atoms with Crippen LogP contribution in [-0.2, 0) is 9.53 Å². The number of nitrogens with one attached hydrogen (secondary N) is 1. The molecule has 26 heavy (non-hydrogen) atoms. The Morgan fingerprint density at radius 1 is 1.23 bits per heavy atom. The second kappa shape index (κ2) is 5.67. The molecule has 7 heteroatoms. The Morgan fingerprint density at radius 2 is 2.08 bits per heavy atom. The molecule has 0 unspecified atom stereocenters. The fourth-order valence-electron chi connectivity index (χ4n) is 4.57. The first-order valence-electron chi connectivity index (χ1n) is 9.04. The summed E-state index contributed by atoms with van der Waals surface area (Å²) in [5.74, 6) is 0.0636. The quantitative estimate of drug-likeness (QED) is 0.891. The zero-order valence-corrected chi connectivity index (χ0v) is 14.4. The molecule has 3 saturated heterocycles. The highest BCUT2D eigenvalue weighted by atomic mass is 16.5. The molecule has 5 rings (SSSR count). The topological polar surface area (TPSA) is 78.5 Å². The van der Waals surface area contributed by atoms with Crippen LogP contribution >= 0.6 is 0 Å². The molecular formula is C19H20N4O3. The van der Waals surface area contributed by atoms with E-state index in [-0.39, 0.29) is 17.9 Å². The molecule has 1 aromatic heterocycles. The predicted octanol–water partition coefficient (Wildman–Crippen LogP) is 1.64. The van der Waals surface area contributed by atoms with E-state index in [4.69, 9.17) is 4.74 Å². The number of rotatable bonds is 2. The van der Waals surface area contributed by atoms with Gasteiger partial charge in [0, 0.05) is 31.3 Å². The van der Waals surface area contributed by atoms with Crippen LogP contribution in [0.3, 0.4) is 0 Å². The predicted molar refractivity (Wildman–Crippen MR) is 93.1 cm³/mol. The van der Waals surface area contributed by atoms with Crippen molar-refractivity contribution in [1.82, 2.24) is 20.0 Å². The molecule has 1 N–H and O–H groups in total. The van der Waals surface area contributed by atoms with Gasteiger partial charge in [-0.15, -0.1) is 0 Å². The molecule has 0 radical (unpaired) electrons. The van der Waals surface area contributed by atoms with E-state index in [9.17, 15) is 9.59 Å². The highest BCUT2D eigenvalue weighted by Crippen LogP contribution is 2.45. The fourth-order valence-corrected chi connectivity index (χ4v) is 4.57. The molecule has 0 bridgehead atoms. The lowest BCUT2D eigenvalue weighted by Crippen LogP contribution is -2.56. The van der Waals surface area contributed by atoms with E-state index in [0.717, 1.165) is 24.2 Å². The first-order chi connectivity index (χ1) is 12.7. The summed E-state index contributed by atoms with van der Waals surface area (Å²) in [5.41, 5.74) is 1.93. The van der Waals surface area contributed by atoms with Gasteiger partial charge in [-0.3, -0.25) is 14.7 Å². The zero-order valence-electron chi connectivity index (χ0n) is 14.4. The Bertz CT molecular complexity index is 848. The summed E-state index contributed by atoms with van der Waals surface area (Å²) in [6, 6.07) is 9.20. The highest BCUT2D eigenvalue weighted by Gasteiger charge is 2.61. The molecule has 0 aliphatic carbocycles. The van der Waals surface area contributed by atoms with Gasteiger partial charge in [0.1, 0.15) is 0 Å². The number of carbonyl (C=O) groups is 2. The summed E-state index contributed by atoms with van der Waals surface area (Å²) < 4.78 is 6.07. The summed E-state index contributed by atoms with van der Waals surface area (Å²) in [6.07, 6.45) is 3.62. The maximum Gasteiger partial charge on any atom is 0.254 e. The van der Waals surface area contributed by atoms with Crippen molar-refractivity contribution in [3.05, 3.63) is 42.1 Å². The Labute approximate surface area is 150 Å². The van der Waals surface area contributed by atoms with E-state index in [2.05, 4.69) is 10.2 Å². The zero-order chi connectivity index (χ0) is 17.7. The third-order valence-electron chi connectivity index (χ3n) is 5.82. The third kappa shape index (κ3) is 2.13. The standard InChI is InChI=1S/C19H20N4O3/c24-17-12-16-19(23(17)9-1-11-26-19)7-10-22(16)18(25)14-4-2-13(3-5-14)15-6-8-20-21-15/h2-6,8,16H,1,7,9-12H2,(H,20,21)/t16-,19+/m1/s1. The summed E-state index contributed by atoms with van der Waals surface area (Å²) in [5, 5.41) is 6.87. The van der Waals surface area contributed by atoms with E-state index < -0.39 is 5.72 Å². The average molecular weight is 352 g/mol. The van der Waals surface area contributed by atoms with Crippen LogP contribution in [0.5, 0.6) is 0 Å². The largest absolute Gasteiger partial charge is 0.353 e. The number of amides is 2. The summed E-state index contributed by atoms with van der Waals surface area (Å²) >= 11 is 0. The van der Waals surface area contributed by atoms with Crippen molar-refractivity contribution >= 4 is 11.8 Å². The molecule has 2 aromatic rings. The second-order valence-electron chi connectivity index (χ2n) is 7.11. The first kappa shape index (κ1) is 15.6. The highest BCUT2D eigenvalue weighted by molar-refractivity contribution is 5.96. The Hall–Kier alpha value is -2.67. The molecule has 134 valence electrons. The number of ether oxygens (including phenoxy) is 1. The lowest BCUT2D eigenvalue weighted by Gasteiger charge is -2.42. The van der Waals surface area contributed by atoms with Gasteiger partial charge in [-0.1, -0.05) is 12.1 Å². The van der Waals surface area contributed by atoms with Crippen LogP contribution < -0.4 is 0 Å². The molecule has 3 fully saturated rings. The van der Waals surface area contributed by atoms with E-state index in [0.29, 0.717) is 31.6 Å². The van der Waals surface area contributed by atoms with Gasteiger partial charge < -0.3 is 14.5 Å². The lowest BCUT2D eigenvalue weighted by molar-refractivity contribution is -0.179. The maximum atomic E-state index is 13.1. The van der Waals surface area contributed by atoms with Gasteiger partial charge in [0.05, 0.1) is 24.8 Å².